The van der Waals surface area contributed by atoms with Crippen LogP contribution in [0.4, 0.5) is 0 Å². The Balaban J connectivity index is 1.65. The van der Waals surface area contributed by atoms with E-state index < -0.39 is 6.04 Å². The van der Waals surface area contributed by atoms with Crippen LogP contribution in [-0.2, 0) is 11.2 Å². The lowest BCUT2D eigenvalue weighted by atomic mass is 9.99. The molecular formula is C17H27N3O. The van der Waals surface area contributed by atoms with Gasteiger partial charge in [0.15, 0.2) is 0 Å². The van der Waals surface area contributed by atoms with Crippen molar-refractivity contribution >= 4 is 5.91 Å². The van der Waals surface area contributed by atoms with Crippen LogP contribution in [0.2, 0.25) is 0 Å². The van der Waals surface area contributed by atoms with Crippen molar-refractivity contribution in [2.24, 2.45) is 11.7 Å². The molecule has 2 rings (SSSR count). The Labute approximate surface area is 127 Å². The van der Waals surface area contributed by atoms with E-state index >= 15 is 0 Å². The molecule has 0 aromatic heterocycles. The van der Waals surface area contributed by atoms with Crippen molar-refractivity contribution in [3.05, 3.63) is 35.9 Å². The minimum Gasteiger partial charge on any atom is -0.353 e. The molecule has 116 valence electrons. The highest BCUT2D eigenvalue weighted by Crippen LogP contribution is 2.15. The average molecular weight is 289 g/mol. The zero-order valence-corrected chi connectivity index (χ0v) is 12.9. The topological polar surface area (TPSA) is 58.4 Å². The standard InChI is InChI=1S/C17H27N3O/c1-14-7-10-20(11-8-14)12-9-19-17(21)16(18)13-15-5-3-2-4-6-15/h2-6,14,16H,7-13,18H2,1H3,(H,19,21). The summed E-state index contributed by atoms with van der Waals surface area (Å²) in [6.07, 6.45) is 3.12. The van der Waals surface area contributed by atoms with E-state index in [0.29, 0.717) is 13.0 Å². The maximum absolute atomic E-state index is 12.0. The number of nitrogens with zero attached hydrogens (tertiary/aromatic N) is 1. The molecule has 0 radical (unpaired) electrons. The average Bonchev–Trinajstić information content (AvgIpc) is 2.50. The monoisotopic (exact) mass is 289 g/mol. The molecule has 4 nitrogen and oxygen atoms in total. The van der Waals surface area contributed by atoms with Crippen LogP contribution in [0.25, 0.3) is 0 Å². The first-order valence-corrected chi connectivity index (χ1v) is 7.94. The number of hydrogen-bond acceptors (Lipinski definition) is 3. The number of carbonyl (C=O) groups excluding carboxylic acids is 1. The number of nitrogens with one attached hydrogen (secondary N) is 1. The van der Waals surface area contributed by atoms with Crippen LogP contribution in [0.5, 0.6) is 0 Å². The molecule has 1 aliphatic heterocycles. The summed E-state index contributed by atoms with van der Waals surface area (Å²) in [6.45, 7) is 6.22. The van der Waals surface area contributed by atoms with Crippen molar-refractivity contribution in [3.63, 3.8) is 0 Å². The van der Waals surface area contributed by atoms with Gasteiger partial charge in [-0.05, 0) is 43.8 Å². The lowest BCUT2D eigenvalue weighted by Crippen LogP contribution is -2.45. The summed E-state index contributed by atoms with van der Waals surface area (Å²) in [7, 11) is 0. The number of piperidine rings is 1. The highest BCUT2D eigenvalue weighted by molar-refractivity contribution is 5.81. The van der Waals surface area contributed by atoms with E-state index in [9.17, 15) is 4.79 Å². The number of rotatable bonds is 6. The Bertz CT molecular complexity index is 427. The minimum atomic E-state index is -0.464. The first kappa shape index (κ1) is 16.0. The number of hydrogen-bond donors (Lipinski definition) is 2. The van der Waals surface area contributed by atoms with Crippen molar-refractivity contribution in [1.82, 2.24) is 10.2 Å². The zero-order valence-electron chi connectivity index (χ0n) is 12.9. The van der Waals surface area contributed by atoms with Crippen LogP contribution in [-0.4, -0.2) is 43.0 Å². The zero-order chi connectivity index (χ0) is 15.1. The molecule has 1 atom stereocenters. The molecule has 1 unspecified atom stereocenters. The Morgan fingerprint density at radius 2 is 2.00 bits per heavy atom. The fourth-order valence-corrected chi connectivity index (χ4v) is 2.71. The van der Waals surface area contributed by atoms with E-state index in [0.717, 1.165) is 31.1 Å². The normalized spacial score (nSPS) is 18.4. The Morgan fingerprint density at radius 3 is 2.67 bits per heavy atom. The van der Waals surface area contributed by atoms with Gasteiger partial charge in [-0.2, -0.15) is 0 Å². The predicted octanol–water partition coefficient (Wildman–Crippen LogP) is 1.40. The highest BCUT2D eigenvalue weighted by Gasteiger charge is 2.17. The third-order valence-corrected chi connectivity index (χ3v) is 4.24. The maximum Gasteiger partial charge on any atom is 0.237 e. The molecule has 1 aliphatic rings. The van der Waals surface area contributed by atoms with Gasteiger partial charge in [-0.15, -0.1) is 0 Å². The fourth-order valence-electron chi connectivity index (χ4n) is 2.71. The van der Waals surface area contributed by atoms with Gasteiger partial charge in [-0.25, -0.2) is 0 Å². The predicted molar refractivity (Wildman–Crippen MR) is 86.0 cm³/mol. The van der Waals surface area contributed by atoms with Crippen LogP contribution < -0.4 is 11.1 Å². The second-order valence-electron chi connectivity index (χ2n) is 6.11. The molecule has 3 N–H and O–H groups in total. The Morgan fingerprint density at radius 1 is 1.33 bits per heavy atom. The molecule has 1 amide bonds. The van der Waals surface area contributed by atoms with Crippen molar-refractivity contribution in [3.8, 4) is 0 Å². The number of amides is 1. The Hall–Kier alpha value is -1.39. The van der Waals surface area contributed by atoms with E-state index in [-0.39, 0.29) is 5.91 Å². The SMILES string of the molecule is CC1CCN(CCNC(=O)C(N)Cc2ccccc2)CC1. The molecule has 1 heterocycles. The first-order valence-electron chi connectivity index (χ1n) is 7.94. The van der Waals surface area contributed by atoms with E-state index in [4.69, 9.17) is 5.73 Å². The first-order chi connectivity index (χ1) is 10.1. The van der Waals surface area contributed by atoms with Crippen molar-refractivity contribution in [2.45, 2.75) is 32.2 Å². The summed E-state index contributed by atoms with van der Waals surface area (Å²) in [5.41, 5.74) is 7.06. The van der Waals surface area contributed by atoms with Gasteiger partial charge >= 0.3 is 0 Å². The summed E-state index contributed by atoms with van der Waals surface area (Å²) in [4.78, 5) is 14.4. The van der Waals surface area contributed by atoms with Gasteiger partial charge in [-0.3, -0.25) is 4.79 Å². The molecule has 1 aromatic rings. The smallest absolute Gasteiger partial charge is 0.237 e. The molecule has 0 aliphatic carbocycles. The molecule has 1 saturated heterocycles. The molecule has 1 fully saturated rings. The van der Waals surface area contributed by atoms with Gasteiger partial charge in [0.1, 0.15) is 0 Å². The lowest BCUT2D eigenvalue weighted by Gasteiger charge is -2.30. The minimum absolute atomic E-state index is 0.0516. The molecule has 0 saturated carbocycles. The summed E-state index contributed by atoms with van der Waals surface area (Å²) in [5, 5.41) is 2.96. The van der Waals surface area contributed by atoms with Crippen molar-refractivity contribution < 1.29 is 4.79 Å². The number of benzene rings is 1. The Kier molecular flexibility index (Phi) is 6.21. The molecule has 4 heteroatoms. The second kappa shape index (κ2) is 8.15. The van der Waals surface area contributed by atoms with Crippen LogP contribution in [0, 0.1) is 5.92 Å². The fraction of sp³-hybridized carbons (Fsp3) is 0.588. The number of likely N-dealkylation sites (tertiary alicyclic amines) is 1. The van der Waals surface area contributed by atoms with Crippen LogP contribution in [0.1, 0.15) is 25.3 Å². The van der Waals surface area contributed by atoms with E-state index in [1.54, 1.807) is 0 Å². The third-order valence-electron chi connectivity index (χ3n) is 4.24. The van der Waals surface area contributed by atoms with Crippen molar-refractivity contribution in [2.75, 3.05) is 26.2 Å². The molecule has 21 heavy (non-hydrogen) atoms. The second-order valence-corrected chi connectivity index (χ2v) is 6.11. The number of nitrogens with two attached hydrogens (primary N) is 1. The van der Waals surface area contributed by atoms with Gasteiger partial charge in [-0.1, -0.05) is 37.3 Å². The molecule has 0 spiro atoms. The molecule has 1 aromatic carbocycles. The molecular weight excluding hydrogens is 262 g/mol. The summed E-state index contributed by atoms with van der Waals surface area (Å²) in [6, 6.07) is 9.45. The van der Waals surface area contributed by atoms with Crippen molar-refractivity contribution in [1.29, 1.82) is 0 Å². The van der Waals surface area contributed by atoms with Gasteiger partial charge in [0.05, 0.1) is 6.04 Å². The largest absolute Gasteiger partial charge is 0.353 e. The number of carbonyl (C=O) groups is 1. The van der Waals surface area contributed by atoms with Gasteiger partial charge in [0.25, 0.3) is 0 Å². The quantitative estimate of drug-likeness (QED) is 0.832. The lowest BCUT2D eigenvalue weighted by molar-refractivity contribution is -0.122. The van der Waals surface area contributed by atoms with Crippen LogP contribution in [0.3, 0.4) is 0 Å². The van der Waals surface area contributed by atoms with Gasteiger partial charge in [0, 0.05) is 13.1 Å². The van der Waals surface area contributed by atoms with Gasteiger partial charge in [0.2, 0.25) is 5.91 Å². The third kappa shape index (κ3) is 5.48. The summed E-state index contributed by atoms with van der Waals surface area (Å²) >= 11 is 0. The van der Waals surface area contributed by atoms with E-state index in [1.807, 2.05) is 30.3 Å². The van der Waals surface area contributed by atoms with E-state index in [1.165, 1.54) is 12.8 Å². The van der Waals surface area contributed by atoms with E-state index in [2.05, 4.69) is 17.1 Å². The maximum atomic E-state index is 12.0. The van der Waals surface area contributed by atoms with Crippen LogP contribution in [0.15, 0.2) is 30.3 Å². The van der Waals surface area contributed by atoms with Gasteiger partial charge < -0.3 is 16.0 Å². The summed E-state index contributed by atoms with van der Waals surface area (Å²) < 4.78 is 0. The summed E-state index contributed by atoms with van der Waals surface area (Å²) in [5.74, 6) is 0.791. The molecule has 0 bridgehead atoms. The van der Waals surface area contributed by atoms with Crippen LogP contribution >= 0.6 is 0 Å². The highest BCUT2D eigenvalue weighted by atomic mass is 16.2.